The molecule has 4 heteroatoms. The molecule has 0 N–H and O–H groups in total. The van der Waals surface area contributed by atoms with E-state index in [2.05, 4.69) is 169 Å². The van der Waals surface area contributed by atoms with Crippen LogP contribution in [0.2, 0.25) is 0 Å². The molecule has 49 heavy (non-hydrogen) atoms. The molecule has 0 saturated heterocycles. The summed E-state index contributed by atoms with van der Waals surface area (Å²) in [6.07, 6.45) is 0. The molecule has 2 heterocycles. The van der Waals surface area contributed by atoms with Crippen molar-refractivity contribution in [2.45, 2.75) is 0 Å². The normalized spacial score (nSPS) is 11.7. The molecule has 0 bridgehead atoms. The van der Waals surface area contributed by atoms with Crippen LogP contribution in [0, 0.1) is 0 Å². The molecule has 0 aliphatic carbocycles. The highest BCUT2D eigenvalue weighted by Crippen LogP contribution is 2.45. The molecule has 0 unspecified atom stereocenters. The van der Waals surface area contributed by atoms with Crippen LogP contribution in [0.3, 0.4) is 0 Å². The van der Waals surface area contributed by atoms with E-state index < -0.39 is 0 Å². The fourth-order valence-corrected chi connectivity index (χ4v) is 8.09. The summed E-state index contributed by atoms with van der Waals surface area (Å²) in [6.45, 7) is 0. The number of fused-ring (bicyclic) bond motifs is 7. The number of rotatable bonds is 5. The van der Waals surface area contributed by atoms with E-state index in [1.54, 1.807) is 11.3 Å². The summed E-state index contributed by atoms with van der Waals surface area (Å²) in [6, 6.07) is 60.4. The van der Waals surface area contributed by atoms with Crippen LogP contribution in [0.5, 0.6) is 0 Å². The van der Waals surface area contributed by atoms with Gasteiger partial charge in [0.25, 0.3) is 0 Å². The maximum absolute atomic E-state index is 6.60. The Hall–Kier alpha value is -6.23. The van der Waals surface area contributed by atoms with Gasteiger partial charge in [-0.15, -0.1) is 11.3 Å². The lowest BCUT2D eigenvalue weighted by Crippen LogP contribution is -2.10. The summed E-state index contributed by atoms with van der Waals surface area (Å²) in [5.74, 6) is 0. The minimum atomic E-state index is 0.852. The molecule has 0 radical (unpaired) electrons. The van der Waals surface area contributed by atoms with E-state index >= 15 is 0 Å². The zero-order valence-electron chi connectivity index (χ0n) is 26.4. The average Bonchev–Trinajstić information content (AvgIpc) is 3.76. The van der Waals surface area contributed by atoms with Crippen molar-refractivity contribution >= 4 is 82.1 Å². The van der Waals surface area contributed by atoms with Crippen LogP contribution in [0.15, 0.2) is 174 Å². The van der Waals surface area contributed by atoms with Gasteiger partial charge in [-0.1, -0.05) is 121 Å². The van der Waals surface area contributed by atoms with Gasteiger partial charge in [-0.25, -0.2) is 4.98 Å². The van der Waals surface area contributed by atoms with Gasteiger partial charge in [0.15, 0.2) is 0 Å². The molecule has 0 saturated carbocycles. The minimum absolute atomic E-state index is 0.852. The van der Waals surface area contributed by atoms with Crippen molar-refractivity contribution in [2.75, 3.05) is 4.90 Å². The standard InChI is InChI=1S/C45H28N2OS/c1-3-10-29(11-4-1)30-20-23-34(24-21-30)47(35-25-22-32-19-18-31-12-7-8-15-36(31)37(32)26-35)40-16-9-17-41-44(40)38-27-39-43(28-42(38)48-41)49-45(46-39)33-13-5-2-6-14-33/h1-28H. The summed E-state index contributed by atoms with van der Waals surface area (Å²) in [5, 5.41) is 8.05. The second-order valence-electron chi connectivity index (χ2n) is 12.4. The Morgan fingerprint density at radius 2 is 1.14 bits per heavy atom. The van der Waals surface area contributed by atoms with Crippen molar-refractivity contribution in [2.24, 2.45) is 0 Å². The lowest BCUT2D eigenvalue weighted by molar-refractivity contribution is 0.669. The molecule has 3 nitrogen and oxygen atoms in total. The maximum Gasteiger partial charge on any atom is 0.137 e. The van der Waals surface area contributed by atoms with Gasteiger partial charge in [-0.3, -0.25) is 0 Å². The summed E-state index contributed by atoms with van der Waals surface area (Å²) in [4.78, 5) is 7.44. The van der Waals surface area contributed by atoms with Crippen molar-refractivity contribution in [3.05, 3.63) is 170 Å². The first-order valence-corrected chi connectivity index (χ1v) is 17.3. The van der Waals surface area contributed by atoms with Crippen molar-refractivity contribution in [1.82, 2.24) is 4.98 Å². The number of nitrogens with zero attached hydrogens (tertiary/aromatic N) is 2. The summed E-state index contributed by atoms with van der Waals surface area (Å²) in [7, 11) is 0. The average molecular weight is 645 g/mol. The van der Waals surface area contributed by atoms with Gasteiger partial charge in [0, 0.05) is 28.4 Å². The third-order valence-corrected chi connectivity index (χ3v) is 10.5. The molecule has 0 spiro atoms. The Kier molecular flexibility index (Phi) is 6.36. The van der Waals surface area contributed by atoms with Crippen LogP contribution < -0.4 is 4.90 Å². The fraction of sp³-hybridized carbons (Fsp3) is 0. The lowest BCUT2D eigenvalue weighted by atomic mass is 10.00. The monoisotopic (exact) mass is 644 g/mol. The van der Waals surface area contributed by atoms with Crippen LogP contribution in [-0.2, 0) is 0 Å². The lowest BCUT2D eigenvalue weighted by Gasteiger charge is -2.27. The van der Waals surface area contributed by atoms with Crippen LogP contribution in [0.1, 0.15) is 0 Å². The molecule has 0 aliphatic rings. The molecule has 230 valence electrons. The molecule has 0 fully saturated rings. The summed E-state index contributed by atoms with van der Waals surface area (Å²) in [5.41, 5.74) is 9.41. The molecule has 10 aromatic rings. The van der Waals surface area contributed by atoms with Gasteiger partial charge in [-0.2, -0.15) is 0 Å². The Balaban J connectivity index is 1.21. The molecule has 0 amide bonds. The van der Waals surface area contributed by atoms with Crippen molar-refractivity contribution in [3.8, 4) is 21.7 Å². The SMILES string of the molecule is c1ccc(-c2ccc(N(c3ccc4ccc5ccccc5c4c3)c3cccc4oc5cc6sc(-c7ccccc7)nc6cc5c34)cc2)cc1. The Morgan fingerprint density at radius 3 is 1.96 bits per heavy atom. The number of thiazole rings is 1. The Labute approximate surface area is 286 Å². The molecular weight excluding hydrogens is 617 g/mol. The van der Waals surface area contributed by atoms with E-state index in [1.807, 2.05) is 6.07 Å². The number of aromatic nitrogens is 1. The van der Waals surface area contributed by atoms with E-state index in [0.29, 0.717) is 0 Å². The molecule has 8 aromatic carbocycles. The van der Waals surface area contributed by atoms with Crippen LogP contribution >= 0.6 is 11.3 Å². The van der Waals surface area contributed by atoms with Crippen molar-refractivity contribution in [3.63, 3.8) is 0 Å². The first-order valence-electron chi connectivity index (χ1n) is 16.5. The van der Waals surface area contributed by atoms with E-state index in [4.69, 9.17) is 9.40 Å². The smallest absolute Gasteiger partial charge is 0.137 e. The van der Waals surface area contributed by atoms with E-state index in [9.17, 15) is 0 Å². The molecular formula is C45H28N2OS. The summed E-state index contributed by atoms with van der Waals surface area (Å²) < 4.78 is 7.71. The zero-order valence-corrected chi connectivity index (χ0v) is 27.2. The Bertz CT molecular complexity index is 2820. The fourth-order valence-electron chi connectivity index (χ4n) is 7.11. The highest BCUT2D eigenvalue weighted by molar-refractivity contribution is 7.21. The highest BCUT2D eigenvalue weighted by Gasteiger charge is 2.21. The van der Waals surface area contributed by atoms with E-state index in [0.717, 1.165) is 59.8 Å². The number of benzene rings is 8. The van der Waals surface area contributed by atoms with Gasteiger partial charge in [-0.05, 0) is 75.1 Å². The molecule has 0 atom stereocenters. The Morgan fingerprint density at radius 1 is 0.469 bits per heavy atom. The van der Waals surface area contributed by atoms with Gasteiger partial charge < -0.3 is 9.32 Å². The quantitative estimate of drug-likeness (QED) is 0.175. The molecule has 2 aromatic heterocycles. The predicted molar refractivity (Wildman–Crippen MR) is 207 cm³/mol. The van der Waals surface area contributed by atoms with Gasteiger partial charge in [0.2, 0.25) is 0 Å². The number of hydrogen-bond acceptors (Lipinski definition) is 4. The first-order chi connectivity index (χ1) is 24.3. The number of anilines is 3. The van der Waals surface area contributed by atoms with Crippen molar-refractivity contribution in [1.29, 1.82) is 0 Å². The highest BCUT2D eigenvalue weighted by atomic mass is 32.1. The largest absolute Gasteiger partial charge is 0.456 e. The van der Waals surface area contributed by atoms with Gasteiger partial charge in [0.1, 0.15) is 16.2 Å². The first kappa shape index (κ1) is 27.8. The second kappa shape index (κ2) is 11.2. The maximum atomic E-state index is 6.60. The number of furan rings is 1. The topological polar surface area (TPSA) is 29.3 Å². The van der Waals surface area contributed by atoms with E-state index in [-0.39, 0.29) is 0 Å². The van der Waals surface area contributed by atoms with Crippen LogP contribution in [0.4, 0.5) is 17.1 Å². The molecule has 0 aliphatic heterocycles. The van der Waals surface area contributed by atoms with Gasteiger partial charge in [0.05, 0.1) is 21.3 Å². The van der Waals surface area contributed by atoms with Crippen molar-refractivity contribution < 1.29 is 4.42 Å². The zero-order chi connectivity index (χ0) is 32.3. The second-order valence-corrected chi connectivity index (χ2v) is 13.4. The van der Waals surface area contributed by atoms with Gasteiger partial charge >= 0.3 is 0 Å². The third kappa shape index (κ3) is 4.68. The minimum Gasteiger partial charge on any atom is -0.456 e. The number of hydrogen-bond donors (Lipinski definition) is 0. The summed E-state index contributed by atoms with van der Waals surface area (Å²) >= 11 is 1.70. The van der Waals surface area contributed by atoms with Crippen LogP contribution in [0.25, 0.3) is 75.4 Å². The predicted octanol–water partition coefficient (Wildman–Crippen LogP) is 13.3. The molecule has 10 rings (SSSR count). The van der Waals surface area contributed by atoms with Crippen LogP contribution in [-0.4, -0.2) is 4.98 Å². The third-order valence-electron chi connectivity index (χ3n) is 9.47. The van der Waals surface area contributed by atoms with E-state index in [1.165, 1.54) is 32.7 Å².